The molecular weight excluding hydrogens is 331 g/mol. The van der Waals surface area contributed by atoms with Gasteiger partial charge in [0.2, 0.25) is 0 Å². The Bertz CT molecular complexity index is 545. The minimum Gasteiger partial charge on any atom is -0.385 e. The van der Waals surface area contributed by atoms with Gasteiger partial charge in [0, 0.05) is 25.3 Å². The molecule has 3 nitrogen and oxygen atoms in total. The number of ketones is 1. The van der Waals surface area contributed by atoms with Gasteiger partial charge in [0.25, 0.3) is 0 Å². The minimum absolute atomic E-state index is 0. The van der Waals surface area contributed by atoms with Crippen molar-refractivity contribution in [3.05, 3.63) is 35.4 Å². The van der Waals surface area contributed by atoms with Gasteiger partial charge in [-0.3, -0.25) is 4.79 Å². The van der Waals surface area contributed by atoms with Gasteiger partial charge in [-0.1, -0.05) is 12.1 Å². The highest BCUT2D eigenvalue weighted by Gasteiger charge is 2.43. The lowest BCUT2D eigenvalue weighted by Gasteiger charge is -2.41. The SMILES string of the molecule is CN(C)CC1CC(=O)CCC1(O)c1ccc(C(F)(F)F)cc1.Cl. The van der Waals surface area contributed by atoms with Gasteiger partial charge >= 0.3 is 6.18 Å². The van der Waals surface area contributed by atoms with E-state index >= 15 is 0 Å². The first kappa shape index (κ1) is 19.9. The van der Waals surface area contributed by atoms with E-state index in [2.05, 4.69) is 0 Å². The Balaban J connectivity index is 0.00000264. The molecule has 2 unspecified atom stereocenters. The lowest BCUT2D eigenvalue weighted by Crippen LogP contribution is -2.45. The summed E-state index contributed by atoms with van der Waals surface area (Å²) in [6, 6.07) is 4.61. The van der Waals surface area contributed by atoms with Crippen molar-refractivity contribution in [2.75, 3.05) is 20.6 Å². The summed E-state index contributed by atoms with van der Waals surface area (Å²) < 4.78 is 37.9. The number of carbonyl (C=O) groups is 1. The highest BCUT2D eigenvalue weighted by Crippen LogP contribution is 2.41. The van der Waals surface area contributed by atoms with Gasteiger partial charge < -0.3 is 10.0 Å². The summed E-state index contributed by atoms with van der Waals surface area (Å²) in [6.07, 6.45) is -3.65. The molecule has 0 saturated heterocycles. The van der Waals surface area contributed by atoms with Gasteiger partial charge in [-0.25, -0.2) is 0 Å². The molecule has 0 aliphatic heterocycles. The van der Waals surface area contributed by atoms with Gasteiger partial charge in [-0.05, 0) is 38.2 Å². The first-order valence-corrected chi connectivity index (χ1v) is 7.19. The van der Waals surface area contributed by atoms with Crippen molar-refractivity contribution in [1.29, 1.82) is 0 Å². The number of benzene rings is 1. The molecule has 0 spiro atoms. The fraction of sp³-hybridized carbons (Fsp3) is 0.562. The van der Waals surface area contributed by atoms with Crippen LogP contribution in [0.4, 0.5) is 13.2 Å². The molecule has 0 radical (unpaired) electrons. The summed E-state index contributed by atoms with van der Waals surface area (Å²) in [4.78, 5) is 13.6. The Morgan fingerprint density at radius 2 is 1.83 bits per heavy atom. The summed E-state index contributed by atoms with van der Waals surface area (Å²) in [5.74, 6) is -0.232. The van der Waals surface area contributed by atoms with Gasteiger partial charge in [-0.2, -0.15) is 13.2 Å². The van der Waals surface area contributed by atoms with Crippen molar-refractivity contribution < 1.29 is 23.1 Å². The van der Waals surface area contributed by atoms with Gasteiger partial charge in [0.15, 0.2) is 0 Å². The van der Waals surface area contributed by atoms with Crippen LogP contribution in [0.25, 0.3) is 0 Å². The quantitative estimate of drug-likeness (QED) is 0.908. The van der Waals surface area contributed by atoms with E-state index < -0.39 is 17.3 Å². The second-order valence-electron chi connectivity index (χ2n) is 6.20. The normalized spacial score (nSPS) is 25.3. The van der Waals surface area contributed by atoms with Crippen LogP contribution in [-0.2, 0) is 16.6 Å². The zero-order valence-electron chi connectivity index (χ0n) is 13.1. The second-order valence-corrected chi connectivity index (χ2v) is 6.20. The molecule has 1 fully saturated rings. The van der Waals surface area contributed by atoms with Gasteiger partial charge in [-0.15, -0.1) is 12.4 Å². The predicted molar refractivity (Wildman–Crippen MR) is 83.5 cm³/mol. The lowest BCUT2D eigenvalue weighted by atomic mass is 9.70. The highest BCUT2D eigenvalue weighted by molar-refractivity contribution is 5.85. The van der Waals surface area contributed by atoms with Crippen molar-refractivity contribution in [2.45, 2.75) is 31.0 Å². The standard InChI is InChI=1S/C16H20F3NO2.ClH/c1-20(2)10-13-9-14(21)7-8-15(13,22)11-3-5-12(6-4-11)16(17,18)19;/h3-6,13,22H,7-10H2,1-2H3;1H. The van der Waals surface area contributed by atoms with E-state index in [1.165, 1.54) is 12.1 Å². The number of nitrogens with zero attached hydrogens (tertiary/aromatic N) is 1. The molecule has 130 valence electrons. The topological polar surface area (TPSA) is 40.5 Å². The molecule has 0 bridgehead atoms. The van der Waals surface area contributed by atoms with Crippen LogP contribution in [0.5, 0.6) is 0 Å². The molecule has 7 heteroatoms. The van der Waals surface area contributed by atoms with E-state index in [9.17, 15) is 23.1 Å². The Morgan fingerprint density at radius 1 is 1.26 bits per heavy atom. The van der Waals surface area contributed by atoms with E-state index in [1.54, 1.807) is 0 Å². The number of halogens is 4. The van der Waals surface area contributed by atoms with Crippen LogP contribution < -0.4 is 0 Å². The number of hydrogen-bond donors (Lipinski definition) is 1. The van der Waals surface area contributed by atoms with Crippen molar-refractivity contribution in [2.24, 2.45) is 5.92 Å². The fourth-order valence-corrected chi connectivity index (χ4v) is 3.06. The van der Waals surface area contributed by atoms with Gasteiger partial charge in [0.1, 0.15) is 5.78 Å². The molecule has 1 saturated carbocycles. The van der Waals surface area contributed by atoms with Crippen LogP contribution in [0.3, 0.4) is 0 Å². The molecule has 0 heterocycles. The smallest absolute Gasteiger partial charge is 0.385 e. The highest BCUT2D eigenvalue weighted by atomic mass is 35.5. The van der Waals surface area contributed by atoms with Crippen LogP contribution in [0.15, 0.2) is 24.3 Å². The third-order valence-corrected chi connectivity index (χ3v) is 4.23. The summed E-state index contributed by atoms with van der Waals surface area (Å²) in [5, 5.41) is 11.0. The Hall–Kier alpha value is -1.11. The molecule has 1 aromatic carbocycles. The number of Topliss-reactive ketones (excluding diaryl/α,β-unsaturated/α-hetero) is 1. The molecule has 0 amide bonds. The van der Waals surface area contributed by atoms with E-state index in [1.807, 2.05) is 19.0 Å². The molecule has 0 aromatic heterocycles. The van der Waals surface area contributed by atoms with Crippen molar-refractivity contribution >= 4 is 18.2 Å². The second kappa shape index (κ2) is 7.20. The number of hydrogen-bond acceptors (Lipinski definition) is 3. The lowest BCUT2D eigenvalue weighted by molar-refractivity contribution is -0.137. The summed E-state index contributed by atoms with van der Waals surface area (Å²) in [7, 11) is 3.68. The molecule has 2 atom stereocenters. The van der Waals surface area contributed by atoms with Crippen LogP contribution in [-0.4, -0.2) is 36.4 Å². The maximum atomic E-state index is 12.6. The Kier molecular flexibility index (Phi) is 6.24. The number of rotatable bonds is 3. The maximum absolute atomic E-state index is 12.6. The third-order valence-electron chi connectivity index (χ3n) is 4.23. The molecule has 2 rings (SSSR count). The number of alkyl halides is 3. The Labute approximate surface area is 139 Å². The monoisotopic (exact) mass is 351 g/mol. The molecular formula is C16H21ClF3NO2. The molecule has 1 N–H and O–H groups in total. The number of aliphatic hydroxyl groups is 1. The minimum atomic E-state index is -4.40. The van der Waals surface area contributed by atoms with Crippen LogP contribution >= 0.6 is 12.4 Å². The first-order chi connectivity index (χ1) is 10.1. The van der Waals surface area contributed by atoms with Crippen LogP contribution in [0.2, 0.25) is 0 Å². The van der Waals surface area contributed by atoms with Crippen molar-refractivity contribution in [3.8, 4) is 0 Å². The third kappa shape index (κ3) is 4.46. The molecule has 1 aliphatic carbocycles. The van der Waals surface area contributed by atoms with E-state index in [4.69, 9.17) is 0 Å². The fourth-order valence-electron chi connectivity index (χ4n) is 3.06. The average Bonchev–Trinajstić information content (AvgIpc) is 2.42. The summed E-state index contributed by atoms with van der Waals surface area (Å²) in [6.45, 7) is 0.503. The summed E-state index contributed by atoms with van der Waals surface area (Å²) in [5.41, 5.74) is -1.56. The first-order valence-electron chi connectivity index (χ1n) is 7.19. The average molecular weight is 352 g/mol. The van der Waals surface area contributed by atoms with Gasteiger partial charge in [0.05, 0.1) is 11.2 Å². The Morgan fingerprint density at radius 3 is 2.30 bits per heavy atom. The molecule has 1 aromatic rings. The zero-order valence-corrected chi connectivity index (χ0v) is 13.9. The van der Waals surface area contributed by atoms with E-state index in [0.717, 1.165) is 12.1 Å². The van der Waals surface area contributed by atoms with Crippen molar-refractivity contribution in [3.63, 3.8) is 0 Å². The van der Waals surface area contributed by atoms with Crippen LogP contribution in [0.1, 0.15) is 30.4 Å². The predicted octanol–water partition coefficient (Wildman–Crippen LogP) is 3.25. The molecule has 1 aliphatic rings. The summed E-state index contributed by atoms with van der Waals surface area (Å²) >= 11 is 0. The van der Waals surface area contributed by atoms with E-state index in [-0.39, 0.29) is 43.4 Å². The maximum Gasteiger partial charge on any atom is 0.416 e. The van der Waals surface area contributed by atoms with E-state index in [0.29, 0.717) is 12.1 Å². The van der Waals surface area contributed by atoms with Crippen molar-refractivity contribution in [1.82, 2.24) is 4.90 Å². The van der Waals surface area contributed by atoms with Crippen LogP contribution in [0, 0.1) is 5.92 Å². The number of carbonyl (C=O) groups excluding carboxylic acids is 1. The molecule has 23 heavy (non-hydrogen) atoms. The largest absolute Gasteiger partial charge is 0.416 e. The zero-order chi connectivity index (χ0) is 16.5.